The van der Waals surface area contributed by atoms with Crippen LogP contribution < -0.4 is 10.1 Å². The number of rotatable bonds is 6. The predicted molar refractivity (Wildman–Crippen MR) is 107 cm³/mol. The van der Waals surface area contributed by atoms with E-state index in [1.165, 1.54) is 4.90 Å². The first kappa shape index (κ1) is 20.5. The Balaban J connectivity index is 1.41. The van der Waals surface area contributed by atoms with Crippen molar-refractivity contribution in [3.05, 3.63) is 46.4 Å². The minimum absolute atomic E-state index is 0.186. The number of aryl methyl sites for hydroxylation is 1. The molecule has 1 atom stereocenters. The van der Waals surface area contributed by atoms with E-state index < -0.39 is 18.5 Å². The molecule has 1 saturated heterocycles. The van der Waals surface area contributed by atoms with Crippen molar-refractivity contribution in [1.82, 2.24) is 20.4 Å². The molecule has 10 heteroatoms. The van der Waals surface area contributed by atoms with Crippen molar-refractivity contribution in [2.45, 2.75) is 45.4 Å². The number of aromatic amines is 1. The summed E-state index contributed by atoms with van der Waals surface area (Å²) in [6.07, 6.45) is -1.62. The number of fused-ring (bicyclic) bond motifs is 1. The highest BCUT2D eigenvalue weighted by atomic mass is 35.5. The number of hydrogen-bond acceptors (Lipinski definition) is 4. The minimum atomic E-state index is -2.53. The van der Waals surface area contributed by atoms with Crippen LogP contribution in [0.2, 0.25) is 5.02 Å². The van der Waals surface area contributed by atoms with Crippen LogP contribution in [0.25, 0.3) is 10.9 Å². The van der Waals surface area contributed by atoms with Crippen LogP contribution in [0.5, 0.6) is 5.75 Å². The van der Waals surface area contributed by atoms with Gasteiger partial charge in [0.25, 0.3) is 6.43 Å². The van der Waals surface area contributed by atoms with Crippen molar-refractivity contribution in [2.75, 3.05) is 6.54 Å². The molecule has 1 aromatic carbocycles. The number of likely N-dealkylation sites (tertiary alicyclic amines) is 1. The fraction of sp³-hybridized carbons (Fsp3) is 0.400. The van der Waals surface area contributed by atoms with E-state index in [2.05, 4.69) is 15.5 Å². The van der Waals surface area contributed by atoms with Crippen LogP contribution in [-0.2, 0) is 13.2 Å². The number of nitrogens with one attached hydrogen (secondary N) is 2. The van der Waals surface area contributed by atoms with Gasteiger partial charge in [-0.15, -0.1) is 0 Å². The third-order valence-electron chi connectivity index (χ3n) is 5.06. The molecule has 4 rings (SSSR count). The summed E-state index contributed by atoms with van der Waals surface area (Å²) < 4.78 is 36.9. The molecule has 2 aromatic heterocycles. The average molecular weight is 439 g/mol. The zero-order chi connectivity index (χ0) is 21.3. The summed E-state index contributed by atoms with van der Waals surface area (Å²) >= 11 is 6.31. The second kappa shape index (κ2) is 8.51. The van der Waals surface area contributed by atoms with Gasteiger partial charge in [-0.05, 0) is 31.9 Å². The molecule has 2 N–H and O–H groups in total. The van der Waals surface area contributed by atoms with E-state index in [4.69, 9.17) is 20.9 Å². The topological polar surface area (TPSA) is 83.4 Å². The number of amides is 2. The van der Waals surface area contributed by atoms with Gasteiger partial charge in [0.2, 0.25) is 0 Å². The van der Waals surface area contributed by atoms with E-state index in [1.807, 2.05) is 13.0 Å². The van der Waals surface area contributed by atoms with Gasteiger partial charge in [0.15, 0.2) is 5.76 Å². The molecule has 30 heavy (non-hydrogen) atoms. The molecule has 1 aliphatic heterocycles. The lowest BCUT2D eigenvalue weighted by molar-refractivity contribution is 0.0606. The number of urea groups is 1. The van der Waals surface area contributed by atoms with Crippen LogP contribution >= 0.6 is 11.6 Å². The standard InChI is InChI=1S/C20H21ClF2N4O3/c1-11-5-14(30-26-11)10-29-18-8-16-12(7-15(18)21)6-13(25-16)9-24-20(28)27-4-2-3-17(27)19(22)23/h5-8,17,19,25H,2-4,9-10H2,1H3,(H,24,28)/t17-/m0/s1. The average Bonchev–Trinajstić information content (AvgIpc) is 3.43. The molecular weight excluding hydrogens is 418 g/mol. The van der Waals surface area contributed by atoms with E-state index in [9.17, 15) is 13.6 Å². The Bertz CT molecular complexity index is 1050. The molecule has 3 heterocycles. The summed E-state index contributed by atoms with van der Waals surface area (Å²) in [7, 11) is 0. The first-order chi connectivity index (χ1) is 14.4. The molecule has 7 nitrogen and oxygen atoms in total. The van der Waals surface area contributed by atoms with Gasteiger partial charge in [0.05, 0.1) is 23.3 Å². The van der Waals surface area contributed by atoms with Gasteiger partial charge in [0, 0.05) is 35.3 Å². The third kappa shape index (κ3) is 4.35. The van der Waals surface area contributed by atoms with Gasteiger partial charge in [-0.25, -0.2) is 13.6 Å². The van der Waals surface area contributed by atoms with Crippen molar-refractivity contribution in [3.8, 4) is 5.75 Å². The third-order valence-corrected chi connectivity index (χ3v) is 5.35. The van der Waals surface area contributed by atoms with Gasteiger partial charge in [-0.1, -0.05) is 16.8 Å². The monoisotopic (exact) mass is 438 g/mol. The lowest BCUT2D eigenvalue weighted by Crippen LogP contribution is -2.45. The fourth-order valence-electron chi connectivity index (χ4n) is 3.61. The van der Waals surface area contributed by atoms with Crippen LogP contribution in [0.15, 0.2) is 28.8 Å². The molecule has 1 aliphatic rings. The Morgan fingerprint density at radius 3 is 3.00 bits per heavy atom. The lowest BCUT2D eigenvalue weighted by atomic mass is 10.2. The number of alkyl halides is 2. The maximum atomic E-state index is 13.0. The smallest absolute Gasteiger partial charge is 0.318 e. The zero-order valence-corrected chi connectivity index (χ0v) is 17.0. The van der Waals surface area contributed by atoms with Gasteiger partial charge in [-0.2, -0.15) is 0 Å². The Hall–Kier alpha value is -2.81. The van der Waals surface area contributed by atoms with Gasteiger partial charge < -0.3 is 24.5 Å². The van der Waals surface area contributed by atoms with E-state index >= 15 is 0 Å². The highest BCUT2D eigenvalue weighted by Gasteiger charge is 2.35. The Labute approximate surface area is 176 Å². The first-order valence-corrected chi connectivity index (χ1v) is 9.97. The molecular formula is C20H21ClF2N4O3. The second-order valence-corrected chi connectivity index (χ2v) is 7.69. The van der Waals surface area contributed by atoms with Crippen LogP contribution in [0, 0.1) is 6.92 Å². The van der Waals surface area contributed by atoms with Crippen molar-refractivity contribution < 1.29 is 22.8 Å². The number of hydrogen-bond donors (Lipinski definition) is 2. The second-order valence-electron chi connectivity index (χ2n) is 7.28. The van der Waals surface area contributed by atoms with Gasteiger partial charge in [-0.3, -0.25) is 0 Å². The predicted octanol–water partition coefficient (Wildman–Crippen LogP) is 4.64. The van der Waals surface area contributed by atoms with E-state index in [-0.39, 0.29) is 13.2 Å². The zero-order valence-electron chi connectivity index (χ0n) is 16.3. The molecule has 160 valence electrons. The van der Waals surface area contributed by atoms with Crippen LogP contribution in [0.3, 0.4) is 0 Å². The largest absolute Gasteiger partial charge is 0.484 e. The number of ether oxygens (including phenoxy) is 1. The Morgan fingerprint density at radius 2 is 2.27 bits per heavy atom. The molecule has 0 radical (unpaired) electrons. The maximum Gasteiger partial charge on any atom is 0.318 e. The Morgan fingerprint density at radius 1 is 1.43 bits per heavy atom. The maximum absolute atomic E-state index is 13.0. The fourth-order valence-corrected chi connectivity index (χ4v) is 3.84. The number of aromatic nitrogens is 2. The molecule has 0 unspecified atom stereocenters. The van der Waals surface area contributed by atoms with Crippen molar-refractivity contribution in [1.29, 1.82) is 0 Å². The highest BCUT2D eigenvalue weighted by molar-refractivity contribution is 6.32. The summed E-state index contributed by atoms with van der Waals surface area (Å²) in [6, 6.07) is 5.65. The summed E-state index contributed by atoms with van der Waals surface area (Å²) in [4.78, 5) is 16.7. The Kier molecular flexibility index (Phi) is 5.80. The van der Waals surface area contributed by atoms with Crippen molar-refractivity contribution >= 4 is 28.5 Å². The van der Waals surface area contributed by atoms with E-state index in [0.717, 1.165) is 22.3 Å². The number of carbonyl (C=O) groups excluding carboxylic acids is 1. The number of halogens is 3. The van der Waals surface area contributed by atoms with Crippen LogP contribution in [0.4, 0.5) is 13.6 Å². The molecule has 1 fully saturated rings. The highest BCUT2D eigenvalue weighted by Crippen LogP contribution is 2.31. The number of carbonyl (C=O) groups is 1. The molecule has 0 bridgehead atoms. The van der Waals surface area contributed by atoms with Gasteiger partial charge in [0.1, 0.15) is 12.4 Å². The van der Waals surface area contributed by atoms with Crippen molar-refractivity contribution in [3.63, 3.8) is 0 Å². The molecule has 0 aliphatic carbocycles. The number of H-pyrrole nitrogens is 1. The molecule has 0 saturated carbocycles. The van der Waals surface area contributed by atoms with E-state index in [0.29, 0.717) is 35.9 Å². The molecule has 2 amide bonds. The quantitative estimate of drug-likeness (QED) is 0.587. The first-order valence-electron chi connectivity index (χ1n) is 9.59. The molecule has 0 spiro atoms. The van der Waals surface area contributed by atoms with Crippen LogP contribution in [0.1, 0.15) is 30.0 Å². The van der Waals surface area contributed by atoms with Crippen molar-refractivity contribution in [2.24, 2.45) is 0 Å². The number of benzene rings is 1. The van der Waals surface area contributed by atoms with Gasteiger partial charge >= 0.3 is 6.03 Å². The SMILES string of the molecule is Cc1cc(COc2cc3[nH]c(CNC(=O)N4CCC[C@H]4C(F)F)cc3cc2Cl)on1. The normalized spacial score (nSPS) is 16.6. The summed E-state index contributed by atoms with van der Waals surface area (Å²) in [5.74, 6) is 1.06. The molecule has 3 aromatic rings. The summed E-state index contributed by atoms with van der Waals surface area (Å²) in [5.41, 5.74) is 2.27. The van der Waals surface area contributed by atoms with Crippen LogP contribution in [-0.4, -0.2) is 40.1 Å². The summed E-state index contributed by atoms with van der Waals surface area (Å²) in [5, 5.41) is 7.79. The number of nitrogens with zero attached hydrogens (tertiary/aromatic N) is 2. The van der Waals surface area contributed by atoms with E-state index in [1.54, 1.807) is 18.2 Å². The lowest BCUT2D eigenvalue weighted by Gasteiger charge is -2.24. The summed E-state index contributed by atoms with van der Waals surface area (Å²) in [6.45, 7) is 2.54. The minimum Gasteiger partial charge on any atom is -0.484 e.